The Hall–Kier alpha value is 1.07. The number of thiol groups is 1. The van der Waals surface area contributed by atoms with E-state index in [4.69, 9.17) is 5.73 Å². The van der Waals surface area contributed by atoms with Gasteiger partial charge in [-0.05, 0) is 54.0 Å². The maximum atomic E-state index is 12.5. The second-order valence-corrected chi connectivity index (χ2v) is 18.0. The molecular weight excluding hydrogens is 860 g/mol. The fourth-order valence-electron chi connectivity index (χ4n) is 2.77. The Morgan fingerprint density at radius 1 is 0.925 bits per heavy atom. The first-order chi connectivity index (χ1) is 19.0. The number of alkyl halides is 2. The van der Waals surface area contributed by atoms with Crippen molar-refractivity contribution in [2.75, 3.05) is 52.9 Å². The molecule has 0 aromatic rings. The summed E-state index contributed by atoms with van der Waals surface area (Å²) in [6.45, 7) is 3.15. The minimum Gasteiger partial charge on any atom is -0.356 e. The summed E-state index contributed by atoms with van der Waals surface area (Å²) >= 11 is 9.93. The Morgan fingerprint density at radius 3 is 1.93 bits per heavy atom. The highest BCUT2D eigenvalue weighted by Gasteiger charge is 2.46. The molecule has 1 saturated heterocycles. The summed E-state index contributed by atoms with van der Waals surface area (Å²) in [6, 6.07) is -0.456. The molecule has 10 nitrogen and oxygen atoms in total. The van der Waals surface area contributed by atoms with E-state index in [0.717, 1.165) is 11.5 Å². The number of rotatable bonds is 21. The van der Waals surface area contributed by atoms with Gasteiger partial charge in [-0.15, -0.1) is 11.8 Å². The minimum atomic E-state index is -0.456. The lowest BCUT2D eigenvalue weighted by molar-refractivity contribution is -0.134. The monoisotopic (exact) mass is 899 g/mol. The predicted molar refractivity (Wildman–Crippen MR) is 196 cm³/mol. The Bertz CT molecular complexity index is 779. The fraction of sp³-hybridized carbons (Fsp3) is 0.773. The number of carbonyl (C=O) groups excluding carboxylic acids is 5. The third-order valence-corrected chi connectivity index (χ3v) is 17.1. The first-order valence-corrected chi connectivity index (χ1v) is 21.7. The largest absolute Gasteiger partial charge is 0.356 e. The van der Waals surface area contributed by atoms with Crippen molar-refractivity contribution < 1.29 is 24.0 Å². The molecule has 40 heavy (non-hydrogen) atoms. The molecule has 0 unspecified atom stereocenters. The summed E-state index contributed by atoms with van der Waals surface area (Å²) in [4.78, 5) is 59.9. The molecular formula is C22H39I2N5O5S6. The molecule has 0 aromatic carbocycles. The number of nitrogens with zero attached hydrogens (tertiary/aromatic N) is 1. The standard InChI is InChI=1S/C19H33I2N5O5.C3H6S6/c1-14(27)15(22)4-2-3-7-23-16(28)5-6-19(31)26(10-8-24-17(29)12-20)11-9-25-18(30)13-21;1-5-3(8-9-3)7-6-2-4/h15H,2-13,22H2,1H3,(H,23,28)(H,24,29)(H,25,30);4H,2H2,1H3/t15-;/m0./s1. The number of Topliss-reactive ketones (excluding diaryl/α,β-unsaturated/α-hetero) is 1. The van der Waals surface area contributed by atoms with Gasteiger partial charge in [0.1, 0.15) is 5.78 Å². The second kappa shape index (κ2) is 25.4. The van der Waals surface area contributed by atoms with Gasteiger partial charge in [-0.25, -0.2) is 0 Å². The van der Waals surface area contributed by atoms with Gasteiger partial charge in [-0.1, -0.05) is 66.8 Å². The topological polar surface area (TPSA) is 151 Å². The van der Waals surface area contributed by atoms with E-state index in [1.807, 2.05) is 100 Å². The van der Waals surface area contributed by atoms with Crippen molar-refractivity contribution in [3.05, 3.63) is 0 Å². The van der Waals surface area contributed by atoms with Gasteiger partial charge >= 0.3 is 0 Å². The maximum Gasteiger partial charge on any atom is 0.229 e. The minimum absolute atomic E-state index is 0.0432. The van der Waals surface area contributed by atoms with Crippen molar-refractivity contribution in [3.63, 3.8) is 0 Å². The molecule has 1 heterocycles. The van der Waals surface area contributed by atoms with Crippen LogP contribution in [0.4, 0.5) is 0 Å². The van der Waals surface area contributed by atoms with Gasteiger partial charge in [0.25, 0.3) is 0 Å². The van der Waals surface area contributed by atoms with Gasteiger partial charge in [0.15, 0.2) is 2.74 Å². The van der Waals surface area contributed by atoms with Crippen molar-refractivity contribution in [3.8, 4) is 0 Å². The van der Waals surface area contributed by atoms with Crippen LogP contribution in [0, 0.1) is 0 Å². The quantitative estimate of drug-likeness (QED) is 0.0219. The molecule has 1 aliphatic rings. The van der Waals surface area contributed by atoms with Gasteiger partial charge < -0.3 is 26.6 Å². The maximum absolute atomic E-state index is 12.5. The van der Waals surface area contributed by atoms with Crippen LogP contribution in [0.5, 0.6) is 0 Å². The number of amides is 4. The molecule has 5 N–H and O–H groups in total. The van der Waals surface area contributed by atoms with Crippen LogP contribution in [-0.4, -0.2) is 96.0 Å². The summed E-state index contributed by atoms with van der Waals surface area (Å²) in [7, 11) is 7.63. The molecule has 1 rings (SSSR count). The van der Waals surface area contributed by atoms with Gasteiger partial charge in [0.05, 0.1) is 14.9 Å². The molecule has 1 aliphatic heterocycles. The Balaban J connectivity index is 0.00000141. The van der Waals surface area contributed by atoms with E-state index in [9.17, 15) is 24.0 Å². The molecule has 232 valence electrons. The SMILES string of the molecule is CC(=O)[C@@H](N)CCCCNC(=O)CCC(=O)N(CCNC(=O)CI)CCNC(=O)CI.CSC1(SSCS)SS1. The summed E-state index contributed by atoms with van der Waals surface area (Å²) in [5, 5.41) is 9.09. The number of unbranched alkanes of at least 4 members (excludes halogenated alkanes) is 1. The van der Waals surface area contributed by atoms with Crippen LogP contribution in [0.1, 0.15) is 39.0 Å². The van der Waals surface area contributed by atoms with Crippen molar-refractivity contribution in [1.82, 2.24) is 20.9 Å². The summed E-state index contributed by atoms with van der Waals surface area (Å²) in [5.74, 6) is -0.713. The number of nitrogens with one attached hydrogen (secondary N) is 3. The average molecular weight is 900 g/mol. The molecule has 1 fully saturated rings. The van der Waals surface area contributed by atoms with Gasteiger partial charge in [-0.2, -0.15) is 12.6 Å². The van der Waals surface area contributed by atoms with Crippen molar-refractivity contribution in [2.45, 2.75) is 47.8 Å². The van der Waals surface area contributed by atoms with E-state index < -0.39 is 6.04 Å². The van der Waals surface area contributed by atoms with Gasteiger partial charge in [-0.3, -0.25) is 24.0 Å². The van der Waals surface area contributed by atoms with Crippen molar-refractivity contribution in [2.24, 2.45) is 5.73 Å². The van der Waals surface area contributed by atoms with Gasteiger partial charge in [0.2, 0.25) is 23.6 Å². The van der Waals surface area contributed by atoms with E-state index in [1.165, 1.54) is 11.8 Å². The van der Waals surface area contributed by atoms with Crippen LogP contribution >= 0.6 is 113 Å². The van der Waals surface area contributed by atoms with Crippen LogP contribution in [0.2, 0.25) is 0 Å². The molecule has 0 saturated carbocycles. The zero-order chi connectivity index (χ0) is 30.4. The summed E-state index contributed by atoms with van der Waals surface area (Å²) in [5.41, 5.74) is 5.66. The highest BCUT2D eigenvalue weighted by Crippen LogP contribution is 2.78. The third kappa shape index (κ3) is 21.7. The lowest BCUT2D eigenvalue weighted by Crippen LogP contribution is -2.43. The smallest absolute Gasteiger partial charge is 0.229 e. The molecule has 0 radical (unpaired) electrons. The number of hydrogen-bond acceptors (Lipinski definition) is 12. The van der Waals surface area contributed by atoms with E-state index in [0.29, 0.717) is 57.2 Å². The highest BCUT2D eigenvalue weighted by molar-refractivity contribution is 14.1. The van der Waals surface area contributed by atoms with Crippen molar-refractivity contribution >= 4 is 142 Å². The highest BCUT2D eigenvalue weighted by atomic mass is 127. The lowest BCUT2D eigenvalue weighted by atomic mass is 10.1. The van der Waals surface area contributed by atoms with E-state index in [2.05, 4.69) is 34.8 Å². The van der Waals surface area contributed by atoms with Crippen LogP contribution < -0.4 is 21.7 Å². The number of hydrogen-bond donors (Lipinski definition) is 5. The molecule has 0 bridgehead atoms. The second-order valence-electron chi connectivity index (χ2n) is 8.11. The van der Waals surface area contributed by atoms with Crippen LogP contribution in [-0.2, 0) is 24.0 Å². The zero-order valence-electron chi connectivity index (χ0n) is 22.6. The molecule has 4 amide bonds. The number of ketones is 1. The molecule has 0 aromatic heterocycles. The molecule has 1 atom stereocenters. The van der Waals surface area contributed by atoms with E-state index >= 15 is 0 Å². The molecule has 0 spiro atoms. The summed E-state index contributed by atoms with van der Waals surface area (Å²) in [6.07, 6.45) is 4.28. The first-order valence-electron chi connectivity index (χ1n) is 12.3. The van der Waals surface area contributed by atoms with Crippen LogP contribution in [0.3, 0.4) is 0 Å². The van der Waals surface area contributed by atoms with E-state index in [1.54, 1.807) is 0 Å². The Morgan fingerprint density at radius 2 is 1.48 bits per heavy atom. The molecule has 18 heteroatoms. The van der Waals surface area contributed by atoms with Crippen molar-refractivity contribution in [1.29, 1.82) is 0 Å². The first kappa shape index (κ1) is 41.1. The number of thioether (sulfide) groups is 1. The Labute approximate surface area is 290 Å². The van der Waals surface area contributed by atoms with Crippen LogP contribution in [0.25, 0.3) is 0 Å². The summed E-state index contributed by atoms with van der Waals surface area (Å²) < 4.78 is 1.09. The fourth-order valence-corrected chi connectivity index (χ4v) is 11.6. The average Bonchev–Trinajstić information content (AvgIpc) is 3.73. The Kier molecular flexibility index (Phi) is 26.1. The lowest BCUT2D eigenvalue weighted by Gasteiger charge is -2.23. The van der Waals surface area contributed by atoms with Gasteiger partial charge in [0, 0.05) is 50.7 Å². The zero-order valence-corrected chi connectivity index (χ0v) is 31.9. The predicted octanol–water partition coefficient (Wildman–Crippen LogP) is 3.52. The molecule has 0 aliphatic carbocycles. The normalized spacial score (nSPS) is 13.8. The third-order valence-electron chi connectivity index (χ3n) is 5.04. The van der Waals surface area contributed by atoms with E-state index in [-0.39, 0.29) is 42.3 Å². The van der Waals surface area contributed by atoms with Crippen LogP contribution in [0.15, 0.2) is 0 Å². The number of nitrogens with two attached hydrogens (primary N) is 1. The number of halogens is 2. The number of carbonyl (C=O) groups is 5.